The van der Waals surface area contributed by atoms with Crippen LogP contribution in [0.1, 0.15) is 103 Å². The molecule has 11 nitrogen and oxygen atoms in total. The van der Waals surface area contributed by atoms with Crippen molar-refractivity contribution in [3.8, 4) is 11.1 Å². The fraction of sp³-hybridized carbons (Fsp3) is 0.489. The molecule has 11 heteroatoms. The first-order valence-corrected chi connectivity index (χ1v) is 20.4. The number of hydrogen-bond acceptors (Lipinski definition) is 7. The zero-order chi connectivity index (χ0) is 39.0. The quantitative estimate of drug-likeness (QED) is 0.203. The van der Waals surface area contributed by atoms with E-state index >= 15 is 0 Å². The molecule has 0 spiro atoms. The van der Waals surface area contributed by atoms with Crippen molar-refractivity contribution in [2.24, 2.45) is 16.8 Å². The van der Waals surface area contributed by atoms with Crippen molar-refractivity contribution >= 4 is 51.2 Å². The van der Waals surface area contributed by atoms with Crippen molar-refractivity contribution < 1.29 is 23.9 Å². The molecule has 56 heavy (non-hydrogen) atoms. The van der Waals surface area contributed by atoms with Gasteiger partial charge in [0.25, 0.3) is 0 Å². The number of likely N-dealkylation sites (tertiary alicyclic amines) is 2. The number of H-pyrrole nitrogens is 1. The molecule has 3 aliphatic heterocycles. The minimum absolute atomic E-state index is 0.0266. The van der Waals surface area contributed by atoms with Crippen LogP contribution >= 0.6 is 0 Å². The Morgan fingerprint density at radius 1 is 0.982 bits per heavy atom. The molecule has 1 aromatic heterocycles. The summed E-state index contributed by atoms with van der Waals surface area (Å²) in [5.41, 5.74) is 9.89. The molecule has 0 unspecified atom stereocenters. The van der Waals surface area contributed by atoms with Gasteiger partial charge in [-0.25, -0.2) is 14.6 Å². The number of aromatic nitrogens is 2. The van der Waals surface area contributed by atoms with Crippen molar-refractivity contribution in [2.45, 2.75) is 116 Å². The largest absolute Gasteiger partial charge is 0.453 e. The minimum atomic E-state index is -0.679. The lowest BCUT2D eigenvalue weighted by Crippen LogP contribution is -2.51. The summed E-state index contributed by atoms with van der Waals surface area (Å²) in [5.74, 6) is 1.01. The number of rotatable bonds is 6. The number of benzene rings is 3. The Morgan fingerprint density at radius 2 is 1.79 bits per heavy atom. The van der Waals surface area contributed by atoms with E-state index in [9.17, 15) is 14.4 Å². The van der Waals surface area contributed by atoms with Gasteiger partial charge in [0.15, 0.2) is 0 Å². The average molecular weight is 757 g/mol. The van der Waals surface area contributed by atoms with Gasteiger partial charge >= 0.3 is 12.2 Å². The van der Waals surface area contributed by atoms with E-state index in [0.717, 1.165) is 90.3 Å². The molecule has 2 saturated heterocycles. The fourth-order valence-electron chi connectivity index (χ4n) is 10.1. The number of aromatic amines is 1. The van der Waals surface area contributed by atoms with Gasteiger partial charge in [-0.15, -0.1) is 0 Å². The van der Waals surface area contributed by atoms with Crippen molar-refractivity contribution in [3.05, 3.63) is 71.2 Å². The van der Waals surface area contributed by atoms with Gasteiger partial charge in [-0.05, 0) is 123 Å². The highest BCUT2D eigenvalue weighted by Crippen LogP contribution is 2.48. The molecule has 3 aromatic carbocycles. The first-order valence-electron chi connectivity index (χ1n) is 20.4. The molecule has 5 aliphatic rings. The van der Waals surface area contributed by atoms with Crippen LogP contribution in [0, 0.1) is 11.8 Å². The second-order valence-electron chi connectivity index (χ2n) is 17.7. The number of amides is 3. The number of fused-ring (bicyclic) bond motifs is 7. The summed E-state index contributed by atoms with van der Waals surface area (Å²) in [4.78, 5) is 56.9. The van der Waals surface area contributed by atoms with Gasteiger partial charge in [-0.3, -0.25) is 14.7 Å². The molecule has 3 amide bonds. The van der Waals surface area contributed by atoms with Gasteiger partial charge in [-0.1, -0.05) is 50.2 Å². The van der Waals surface area contributed by atoms with Crippen LogP contribution in [0.4, 0.5) is 9.59 Å². The highest BCUT2D eigenvalue weighted by molar-refractivity contribution is 6.06. The number of alkyl carbamates (subject to hydrolysis) is 1. The van der Waals surface area contributed by atoms with Crippen molar-refractivity contribution in [1.29, 1.82) is 0 Å². The summed E-state index contributed by atoms with van der Waals surface area (Å²) in [6, 6.07) is 17.0. The van der Waals surface area contributed by atoms with E-state index in [1.807, 2.05) is 44.4 Å². The summed E-state index contributed by atoms with van der Waals surface area (Å²) >= 11 is 0. The summed E-state index contributed by atoms with van der Waals surface area (Å²) < 4.78 is 10.7. The normalized spacial score (nSPS) is 23.5. The molecule has 5 atom stereocenters. The molecular weight excluding hydrogens is 705 g/mol. The highest BCUT2D eigenvalue weighted by Gasteiger charge is 2.52. The SMILES string of the molecule is COC(=O)N[C@H](C(=O)N1CCC[C@H]1c1nc2c(ccc3cc(-c4ccc5c(c4)CCC4=C5CC([C@@H]5[C@H]6CC[C@H](C6)N5C(=O)OC(C)(C)C)=N4)ccc32)[nH]1)C(C)C. The van der Waals surface area contributed by atoms with E-state index in [4.69, 9.17) is 19.5 Å². The Hall–Kier alpha value is -5.19. The molecule has 2 N–H and O–H groups in total. The van der Waals surface area contributed by atoms with Crippen LogP contribution in [0.5, 0.6) is 0 Å². The zero-order valence-electron chi connectivity index (χ0n) is 33.3. The second kappa shape index (κ2) is 13.8. The average Bonchev–Trinajstić information content (AvgIpc) is 4.02. The van der Waals surface area contributed by atoms with Crippen LogP contribution in [0.15, 0.2) is 59.2 Å². The molecule has 9 rings (SSSR count). The van der Waals surface area contributed by atoms with Gasteiger partial charge < -0.3 is 24.7 Å². The van der Waals surface area contributed by atoms with Crippen LogP contribution in [0.2, 0.25) is 0 Å². The number of allylic oxidation sites excluding steroid dienone is 2. The van der Waals surface area contributed by atoms with E-state index < -0.39 is 17.7 Å². The lowest BCUT2D eigenvalue weighted by Gasteiger charge is -2.36. The first kappa shape index (κ1) is 36.4. The standard InChI is InChI=1S/C45H52N6O5/c1-24(2)38(49-43(53)55-6)42(52)50-19-7-8-37(50)41-47-35-18-13-28-21-26(11-16-32(28)39(35)48-41)25-10-15-31-27(20-25)12-17-34-33(31)23-36(46-34)40-29-9-14-30(22-29)51(40)44(54)56-45(3,4)5/h10-11,13,15-16,18,20-21,24,29-30,37-38,40H,7-9,12,14,17,19,22-23H2,1-6H3,(H,47,48)(H,49,53)/t29-,30+,37-,38-,40-/m0/s1. The predicted molar refractivity (Wildman–Crippen MR) is 217 cm³/mol. The van der Waals surface area contributed by atoms with Crippen molar-refractivity contribution in [3.63, 3.8) is 0 Å². The smallest absolute Gasteiger partial charge is 0.411 e. The first-order chi connectivity index (χ1) is 26.9. The predicted octanol–water partition coefficient (Wildman–Crippen LogP) is 8.72. The van der Waals surface area contributed by atoms with Gasteiger partial charge in [-0.2, -0.15) is 0 Å². The molecule has 2 bridgehead atoms. The number of hydrogen-bond donors (Lipinski definition) is 2. The van der Waals surface area contributed by atoms with E-state index in [0.29, 0.717) is 12.5 Å². The molecular formula is C45H52N6O5. The third-order valence-electron chi connectivity index (χ3n) is 12.6. The maximum atomic E-state index is 13.7. The molecule has 3 fully saturated rings. The molecule has 4 heterocycles. The Labute approximate surface area is 327 Å². The number of piperidine rings is 1. The summed E-state index contributed by atoms with van der Waals surface area (Å²) in [5, 5.41) is 4.89. The molecule has 0 radical (unpaired) electrons. The Bertz CT molecular complexity index is 2330. The number of methoxy groups -OCH3 is 1. The van der Waals surface area contributed by atoms with Gasteiger partial charge in [0.05, 0.1) is 30.2 Å². The Balaban J connectivity index is 0.941. The number of aliphatic imine (C=N–C) groups is 1. The summed E-state index contributed by atoms with van der Waals surface area (Å²) in [7, 11) is 1.31. The molecule has 1 saturated carbocycles. The molecule has 292 valence electrons. The fourth-order valence-corrected chi connectivity index (χ4v) is 10.1. The van der Waals surface area contributed by atoms with E-state index in [-0.39, 0.29) is 36.0 Å². The number of ether oxygens (including phenoxy) is 2. The lowest BCUT2D eigenvalue weighted by molar-refractivity contribution is -0.135. The summed E-state index contributed by atoms with van der Waals surface area (Å²) in [6.45, 7) is 10.3. The van der Waals surface area contributed by atoms with Gasteiger partial charge in [0.2, 0.25) is 5.91 Å². The second-order valence-corrected chi connectivity index (χ2v) is 17.7. The Kier molecular flexibility index (Phi) is 8.97. The number of nitrogens with one attached hydrogen (secondary N) is 2. The Morgan fingerprint density at radius 3 is 2.57 bits per heavy atom. The number of carbonyl (C=O) groups excluding carboxylic acids is 3. The zero-order valence-corrected chi connectivity index (χ0v) is 33.3. The topological polar surface area (TPSA) is 129 Å². The summed E-state index contributed by atoms with van der Waals surface area (Å²) in [6.07, 6.45) is 6.73. The van der Waals surface area contributed by atoms with Crippen molar-refractivity contribution in [1.82, 2.24) is 25.1 Å². The number of nitrogens with zero attached hydrogens (tertiary/aromatic N) is 4. The third kappa shape index (κ3) is 6.33. The van der Waals surface area contributed by atoms with Crippen LogP contribution in [-0.4, -0.2) is 81.0 Å². The van der Waals surface area contributed by atoms with Crippen LogP contribution in [0.25, 0.3) is 38.5 Å². The maximum Gasteiger partial charge on any atom is 0.411 e. The lowest BCUT2D eigenvalue weighted by atomic mass is 9.84. The number of aryl methyl sites for hydroxylation is 1. The van der Waals surface area contributed by atoms with Crippen molar-refractivity contribution in [2.75, 3.05) is 13.7 Å². The monoisotopic (exact) mass is 756 g/mol. The maximum absolute atomic E-state index is 13.7. The van der Waals surface area contributed by atoms with E-state index in [1.165, 1.54) is 35.1 Å². The van der Waals surface area contributed by atoms with Gasteiger partial charge in [0.1, 0.15) is 17.5 Å². The number of imidazole rings is 1. The van der Waals surface area contributed by atoms with Crippen LogP contribution in [0.3, 0.4) is 0 Å². The molecule has 2 aliphatic carbocycles. The third-order valence-corrected chi connectivity index (χ3v) is 12.6. The van der Waals surface area contributed by atoms with E-state index in [2.05, 4.69) is 58.8 Å². The molecule has 4 aromatic rings. The highest BCUT2D eigenvalue weighted by atomic mass is 16.6. The number of carbonyl (C=O) groups is 3. The van der Waals surface area contributed by atoms with Gasteiger partial charge in [0, 0.05) is 35.8 Å². The minimum Gasteiger partial charge on any atom is -0.453 e. The van der Waals surface area contributed by atoms with E-state index in [1.54, 1.807) is 0 Å². The van der Waals surface area contributed by atoms with Crippen LogP contribution < -0.4 is 5.32 Å². The van der Waals surface area contributed by atoms with Crippen LogP contribution in [-0.2, 0) is 20.7 Å².